The first-order valence-corrected chi connectivity index (χ1v) is 5.41. The molecule has 0 aromatic carbocycles. The van der Waals surface area contributed by atoms with Gasteiger partial charge >= 0.3 is 0 Å². The minimum Gasteiger partial charge on any atom is -0.356 e. The molecule has 0 aromatic heterocycles. The average molecular weight is 236 g/mol. The summed E-state index contributed by atoms with van der Waals surface area (Å²) in [5.41, 5.74) is 0. The normalized spacial score (nSPS) is 15.3. The lowest BCUT2D eigenvalue weighted by atomic mass is 10.1. The van der Waals surface area contributed by atoms with Gasteiger partial charge in [-0.15, -0.1) is 0 Å². The third-order valence-electron chi connectivity index (χ3n) is 1.90. The molecule has 3 heteroatoms. The molecule has 1 amide bonds. The predicted molar refractivity (Wildman–Crippen MR) is 55.5 cm³/mol. The molecule has 0 radical (unpaired) electrons. The highest BCUT2D eigenvalue weighted by atomic mass is 79.9. The first-order chi connectivity index (χ1) is 5.57. The summed E-state index contributed by atoms with van der Waals surface area (Å²) in [4.78, 5) is 11.7. The number of halogens is 1. The second-order valence-corrected chi connectivity index (χ2v) is 4.73. The molecule has 2 atom stereocenters. The summed E-state index contributed by atoms with van der Waals surface area (Å²) < 4.78 is 0. The fourth-order valence-electron chi connectivity index (χ4n) is 0.754. The van der Waals surface area contributed by atoms with Gasteiger partial charge in [0.05, 0.1) is 0 Å². The number of nitrogens with one attached hydrogen (secondary N) is 1. The second kappa shape index (κ2) is 6.46. The monoisotopic (exact) mass is 235 g/mol. The van der Waals surface area contributed by atoms with Crippen LogP contribution in [0.25, 0.3) is 0 Å². The van der Waals surface area contributed by atoms with Gasteiger partial charge in [-0.25, -0.2) is 0 Å². The SMILES string of the molecule is CCC(C)C(=O)NCCC(C)Br. The third-order valence-corrected chi connectivity index (χ3v) is 2.36. The van der Waals surface area contributed by atoms with Crippen molar-refractivity contribution in [2.45, 2.75) is 38.4 Å². The van der Waals surface area contributed by atoms with E-state index in [2.05, 4.69) is 28.2 Å². The van der Waals surface area contributed by atoms with E-state index in [0.29, 0.717) is 4.83 Å². The van der Waals surface area contributed by atoms with Crippen LogP contribution in [0.3, 0.4) is 0 Å². The minimum absolute atomic E-state index is 0.149. The number of carbonyl (C=O) groups excluding carboxylic acids is 1. The summed E-state index contributed by atoms with van der Waals surface area (Å²) in [6.07, 6.45) is 1.90. The Kier molecular flexibility index (Phi) is 6.44. The molecule has 72 valence electrons. The molecule has 2 unspecified atom stereocenters. The number of alkyl halides is 1. The smallest absolute Gasteiger partial charge is 0.222 e. The van der Waals surface area contributed by atoms with E-state index in [0.717, 1.165) is 19.4 Å². The van der Waals surface area contributed by atoms with Gasteiger partial charge in [0.1, 0.15) is 0 Å². The van der Waals surface area contributed by atoms with Gasteiger partial charge in [0.25, 0.3) is 0 Å². The molecule has 0 bridgehead atoms. The van der Waals surface area contributed by atoms with Gasteiger partial charge in [0, 0.05) is 17.3 Å². The fourth-order valence-corrected chi connectivity index (χ4v) is 0.983. The van der Waals surface area contributed by atoms with Crippen molar-refractivity contribution < 1.29 is 4.79 Å². The molecule has 0 aliphatic carbocycles. The van der Waals surface area contributed by atoms with Crippen LogP contribution in [0.2, 0.25) is 0 Å². The maximum Gasteiger partial charge on any atom is 0.222 e. The number of rotatable bonds is 5. The molecule has 0 saturated carbocycles. The number of hydrogen-bond donors (Lipinski definition) is 1. The van der Waals surface area contributed by atoms with Crippen molar-refractivity contribution in [3.63, 3.8) is 0 Å². The van der Waals surface area contributed by atoms with Crippen LogP contribution in [0.4, 0.5) is 0 Å². The molecule has 2 nitrogen and oxygen atoms in total. The van der Waals surface area contributed by atoms with E-state index < -0.39 is 0 Å². The van der Waals surface area contributed by atoms with Gasteiger partial charge in [0.2, 0.25) is 5.91 Å². The van der Waals surface area contributed by atoms with Gasteiger partial charge < -0.3 is 5.32 Å². The molecular formula is C9H18BrNO. The van der Waals surface area contributed by atoms with E-state index in [9.17, 15) is 4.79 Å². The Morgan fingerprint density at radius 3 is 2.50 bits per heavy atom. The minimum atomic E-state index is 0.149. The highest BCUT2D eigenvalue weighted by Gasteiger charge is 2.08. The zero-order chi connectivity index (χ0) is 9.56. The van der Waals surface area contributed by atoms with Crippen LogP contribution in [-0.4, -0.2) is 17.3 Å². The summed E-state index contributed by atoms with van der Waals surface area (Å²) in [6, 6.07) is 0. The Morgan fingerprint density at radius 1 is 1.50 bits per heavy atom. The maximum absolute atomic E-state index is 11.2. The molecule has 0 aromatic rings. The van der Waals surface area contributed by atoms with E-state index >= 15 is 0 Å². The summed E-state index contributed by atoms with van der Waals surface area (Å²) in [6.45, 7) is 6.83. The standard InChI is InChI=1S/C9H18BrNO/c1-4-7(2)9(12)11-6-5-8(3)10/h7-8H,4-6H2,1-3H3,(H,11,12). The molecule has 0 aliphatic heterocycles. The van der Waals surface area contributed by atoms with E-state index in [-0.39, 0.29) is 11.8 Å². The Bertz CT molecular complexity index is 136. The van der Waals surface area contributed by atoms with E-state index in [1.807, 2.05) is 13.8 Å². The van der Waals surface area contributed by atoms with Crippen LogP contribution in [0, 0.1) is 5.92 Å². The van der Waals surface area contributed by atoms with E-state index in [1.54, 1.807) is 0 Å². The van der Waals surface area contributed by atoms with Crippen LogP contribution < -0.4 is 5.32 Å². The van der Waals surface area contributed by atoms with Crippen LogP contribution >= 0.6 is 15.9 Å². The van der Waals surface area contributed by atoms with Crippen LogP contribution in [-0.2, 0) is 4.79 Å². The summed E-state index contributed by atoms with van der Waals surface area (Å²) in [5.74, 6) is 0.321. The third kappa shape index (κ3) is 5.58. The van der Waals surface area contributed by atoms with Crippen molar-refractivity contribution in [2.75, 3.05) is 6.54 Å². The van der Waals surface area contributed by atoms with Crippen molar-refractivity contribution >= 4 is 21.8 Å². The highest BCUT2D eigenvalue weighted by molar-refractivity contribution is 9.09. The topological polar surface area (TPSA) is 29.1 Å². The molecule has 0 heterocycles. The zero-order valence-corrected chi connectivity index (χ0v) is 9.65. The van der Waals surface area contributed by atoms with Crippen LogP contribution in [0.5, 0.6) is 0 Å². The molecule has 0 aliphatic rings. The van der Waals surface area contributed by atoms with Crippen molar-refractivity contribution in [3.8, 4) is 0 Å². The first kappa shape index (κ1) is 11.9. The Balaban J connectivity index is 3.44. The largest absolute Gasteiger partial charge is 0.356 e. The predicted octanol–water partition coefficient (Wildman–Crippen LogP) is 2.32. The number of hydrogen-bond acceptors (Lipinski definition) is 1. The molecule has 0 rings (SSSR count). The van der Waals surface area contributed by atoms with Gasteiger partial charge in [-0.3, -0.25) is 4.79 Å². The van der Waals surface area contributed by atoms with Gasteiger partial charge in [-0.05, 0) is 12.8 Å². The summed E-state index contributed by atoms with van der Waals surface area (Å²) in [5, 5.41) is 2.90. The molecule has 0 spiro atoms. The molecule has 12 heavy (non-hydrogen) atoms. The van der Waals surface area contributed by atoms with Crippen molar-refractivity contribution in [1.82, 2.24) is 5.32 Å². The Hall–Kier alpha value is -0.0500. The summed E-state index contributed by atoms with van der Waals surface area (Å²) >= 11 is 3.43. The average Bonchev–Trinajstić information content (AvgIpc) is 2.02. The highest BCUT2D eigenvalue weighted by Crippen LogP contribution is 2.03. The molecule has 0 saturated heterocycles. The maximum atomic E-state index is 11.2. The van der Waals surface area contributed by atoms with Gasteiger partial charge in [0.15, 0.2) is 0 Å². The second-order valence-electron chi connectivity index (χ2n) is 3.17. The van der Waals surface area contributed by atoms with Gasteiger partial charge in [-0.2, -0.15) is 0 Å². The van der Waals surface area contributed by atoms with Crippen molar-refractivity contribution in [1.29, 1.82) is 0 Å². The van der Waals surface area contributed by atoms with Crippen LogP contribution in [0.1, 0.15) is 33.6 Å². The number of carbonyl (C=O) groups is 1. The van der Waals surface area contributed by atoms with Crippen LogP contribution in [0.15, 0.2) is 0 Å². The first-order valence-electron chi connectivity index (χ1n) is 4.49. The quantitative estimate of drug-likeness (QED) is 0.729. The van der Waals surface area contributed by atoms with Crippen molar-refractivity contribution in [3.05, 3.63) is 0 Å². The lowest BCUT2D eigenvalue weighted by Crippen LogP contribution is -2.30. The lowest BCUT2D eigenvalue weighted by Gasteiger charge is -2.10. The van der Waals surface area contributed by atoms with E-state index in [4.69, 9.17) is 0 Å². The van der Waals surface area contributed by atoms with Gasteiger partial charge in [-0.1, -0.05) is 36.7 Å². The Morgan fingerprint density at radius 2 is 2.08 bits per heavy atom. The lowest BCUT2D eigenvalue weighted by molar-refractivity contribution is -0.124. The Labute approximate surface area is 83.2 Å². The molecule has 0 fully saturated rings. The summed E-state index contributed by atoms with van der Waals surface area (Å²) in [7, 11) is 0. The zero-order valence-electron chi connectivity index (χ0n) is 8.06. The van der Waals surface area contributed by atoms with E-state index in [1.165, 1.54) is 0 Å². The number of amides is 1. The van der Waals surface area contributed by atoms with Crippen molar-refractivity contribution in [2.24, 2.45) is 5.92 Å². The fraction of sp³-hybridized carbons (Fsp3) is 0.889. The molecular weight excluding hydrogens is 218 g/mol. The molecule has 1 N–H and O–H groups in total.